The third-order valence-electron chi connectivity index (χ3n) is 1.79. The summed E-state index contributed by atoms with van der Waals surface area (Å²) in [6, 6.07) is 4.82. The summed E-state index contributed by atoms with van der Waals surface area (Å²) in [7, 11) is 0. The van der Waals surface area contributed by atoms with Crippen LogP contribution in [0.3, 0.4) is 0 Å². The van der Waals surface area contributed by atoms with Crippen LogP contribution in [0.5, 0.6) is 5.75 Å². The number of ether oxygens (including phenoxy) is 1. The molecule has 1 aromatic carbocycles. The second kappa shape index (κ2) is 4.44. The van der Waals surface area contributed by atoms with Gasteiger partial charge in [-0.2, -0.15) is 18.4 Å². The zero-order valence-corrected chi connectivity index (χ0v) is 8.80. The van der Waals surface area contributed by atoms with Gasteiger partial charge in [0.1, 0.15) is 5.75 Å². The molecule has 0 unspecified atom stereocenters. The summed E-state index contributed by atoms with van der Waals surface area (Å²) < 4.78 is 42.8. The van der Waals surface area contributed by atoms with E-state index >= 15 is 0 Å². The molecular formula is C11H10F3NO. The van der Waals surface area contributed by atoms with Crippen LogP contribution in [-0.2, 0) is 6.18 Å². The first-order valence-electron chi connectivity index (χ1n) is 4.62. The van der Waals surface area contributed by atoms with E-state index in [4.69, 9.17) is 10.00 Å². The molecule has 0 aromatic heterocycles. The normalized spacial score (nSPS) is 11.3. The summed E-state index contributed by atoms with van der Waals surface area (Å²) in [5.41, 5.74) is -1.36. The van der Waals surface area contributed by atoms with Crippen molar-refractivity contribution in [1.29, 1.82) is 5.26 Å². The molecule has 0 radical (unpaired) electrons. The van der Waals surface area contributed by atoms with Gasteiger partial charge in [0.2, 0.25) is 0 Å². The van der Waals surface area contributed by atoms with Crippen molar-refractivity contribution in [2.24, 2.45) is 0 Å². The number of alkyl halides is 3. The number of halogens is 3. The van der Waals surface area contributed by atoms with E-state index in [0.29, 0.717) is 0 Å². The first kappa shape index (κ1) is 12.4. The molecule has 0 heterocycles. The van der Waals surface area contributed by atoms with Crippen molar-refractivity contribution in [3.63, 3.8) is 0 Å². The summed E-state index contributed by atoms with van der Waals surface area (Å²) in [4.78, 5) is 0. The average molecular weight is 229 g/mol. The maximum atomic E-state index is 12.5. The number of nitrogens with zero attached hydrogens (tertiary/aromatic N) is 1. The topological polar surface area (TPSA) is 33.0 Å². The second-order valence-corrected chi connectivity index (χ2v) is 3.48. The zero-order chi connectivity index (χ0) is 12.3. The molecule has 1 aromatic rings. The van der Waals surface area contributed by atoms with Crippen molar-refractivity contribution < 1.29 is 17.9 Å². The molecule has 0 atom stereocenters. The van der Waals surface area contributed by atoms with Gasteiger partial charge in [-0.1, -0.05) is 0 Å². The van der Waals surface area contributed by atoms with E-state index in [2.05, 4.69) is 0 Å². The average Bonchev–Trinajstić information content (AvgIpc) is 2.15. The van der Waals surface area contributed by atoms with Crippen LogP contribution in [0.15, 0.2) is 18.2 Å². The molecule has 2 nitrogen and oxygen atoms in total. The SMILES string of the molecule is CC(C)Oc1ccc(C#N)c(C(F)(F)F)c1. The Morgan fingerprint density at radius 1 is 1.31 bits per heavy atom. The van der Waals surface area contributed by atoms with Gasteiger partial charge in [0.05, 0.1) is 23.3 Å². The lowest BCUT2D eigenvalue weighted by Crippen LogP contribution is -2.10. The van der Waals surface area contributed by atoms with Crippen molar-refractivity contribution >= 4 is 0 Å². The molecule has 0 spiro atoms. The van der Waals surface area contributed by atoms with Gasteiger partial charge in [0.25, 0.3) is 0 Å². The number of nitriles is 1. The minimum atomic E-state index is -4.54. The Balaban J connectivity index is 3.18. The Morgan fingerprint density at radius 2 is 1.94 bits per heavy atom. The van der Waals surface area contributed by atoms with Gasteiger partial charge in [0, 0.05) is 0 Å². The Labute approximate surface area is 91.3 Å². The highest BCUT2D eigenvalue weighted by atomic mass is 19.4. The predicted molar refractivity (Wildman–Crippen MR) is 51.9 cm³/mol. The first-order valence-corrected chi connectivity index (χ1v) is 4.62. The Morgan fingerprint density at radius 3 is 2.38 bits per heavy atom. The third-order valence-corrected chi connectivity index (χ3v) is 1.79. The Bertz CT molecular complexity index is 418. The van der Waals surface area contributed by atoms with E-state index in [1.807, 2.05) is 0 Å². The van der Waals surface area contributed by atoms with Gasteiger partial charge in [0.15, 0.2) is 0 Å². The number of benzene rings is 1. The van der Waals surface area contributed by atoms with Gasteiger partial charge in [-0.15, -0.1) is 0 Å². The van der Waals surface area contributed by atoms with Gasteiger partial charge < -0.3 is 4.74 Å². The van der Waals surface area contributed by atoms with E-state index in [1.165, 1.54) is 12.1 Å². The van der Waals surface area contributed by atoms with Crippen molar-refractivity contribution in [3.05, 3.63) is 29.3 Å². The van der Waals surface area contributed by atoms with Gasteiger partial charge in [-0.05, 0) is 32.0 Å². The Hall–Kier alpha value is -1.70. The number of rotatable bonds is 2. The lowest BCUT2D eigenvalue weighted by atomic mass is 10.1. The smallest absolute Gasteiger partial charge is 0.417 e. The molecule has 1 rings (SSSR count). The molecular weight excluding hydrogens is 219 g/mol. The molecule has 86 valence electrons. The molecule has 0 aliphatic carbocycles. The fourth-order valence-corrected chi connectivity index (χ4v) is 1.20. The fraction of sp³-hybridized carbons (Fsp3) is 0.364. The summed E-state index contributed by atoms with van der Waals surface area (Å²) in [5.74, 6) is 0.112. The van der Waals surface area contributed by atoms with Crippen LogP contribution < -0.4 is 4.74 Å². The maximum Gasteiger partial charge on any atom is 0.417 e. The van der Waals surface area contributed by atoms with E-state index < -0.39 is 17.3 Å². The first-order chi connectivity index (χ1) is 7.34. The monoisotopic (exact) mass is 229 g/mol. The van der Waals surface area contributed by atoms with E-state index in [9.17, 15) is 13.2 Å². The Kier molecular flexibility index (Phi) is 3.43. The van der Waals surface area contributed by atoms with Crippen LogP contribution in [-0.4, -0.2) is 6.10 Å². The summed E-state index contributed by atoms with van der Waals surface area (Å²) in [5, 5.41) is 8.56. The highest BCUT2D eigenvalue weighted by molar-refractivity contribution is 5.44. The van der Waals surface area contributed by atoms with Crippen molar-refractivity contribution in [3.8, 4) is 11.8 Å². The molecule has 0 fully saturated rings. The van der Waals surface area contributed by atoms with Crippen LogP contribution in [0, 0.1) is 11.3 Å². The highest BCUT2D eigenvalue weighted by Crippen LogP contribution is 2.34. The lowest BCUT2D eigenvalue weighted by Gasteiger charge is -2.13. The number of hydrogen-bond donors (Lipinski definition) is 0. The quantitative estimate of drug-likeness (QED) is 0.778. The summed E-state index contributed by atoms with van der Waals surface area (Å²) in [6.07, 6.45) is -4.75. The summed E-state index contributed by atoms with van der Waals surface area (Å²) in [6.45, 7) is 3.43. The minimum absolute atomic E-state index is 0.112. The predicted octanol–water partition coefficient (Wildman–Crippen LogP) is 3.36. The molecule has 0 aliphatic heterocycles. The van der Waals surface area contributed by atoms with Crippen molar-refractivity contribution in [2.45, 2.75) is 26.1 Å². The van der Waals surface area contributed by atoms with E-state index in [0.717, 1.165) is 12.1 Å². The van der Waals surface area contributed by atoms with E-state index in [-0.39, 0.29) is 11.9 Å². The van der Waals surface area contributed by atoms with Crippen LogP contribution in [0.25, 0.3) is 0 Å². The molecule has 0 saturated carbocycles. The van der Waals surface area contributed by atoms with Crippen LogP contribution in [0.2, 0.25) is 0 Å². The molecule has 5 heteroatoms. The highest BCUT2D eigenvalue weighted by Gasteiger charge is 2.34. The van der Waals surface area contributed by atoms with Crippen LogP contribution in [0.4, 0.5) is 13.2 Å². The molecule has 0 aliphatic rings. The minimum Gasteiger partial charge on any atom is -0.491 e. The lowest BCUT2D eigenvalue weighted by molar-refractivity contribution is -0.137. The molecule has 0 saturated heterocycles. The van der Waals surface area contributed by atoms with Gasteiger partial charge in [-0.3, -0.25) is 0 Å². The number of hydrogen-bond acceptors (Lipinski definition) is 2. The standard InChI is InChI=1S/C11H10F3NO/c1-7(2)16-9-4-3-8(6-15)10(5-9)11(12,13)14/h3-5,7H,1-2H3. The molecule has 0 amide bonds. The molecule has 0 N–H and O–H groups in total. The maximum absolute atomic E-state index is 12.5. The van der Waals surface area contributed by atoms with Gasteiger partial charge >= 0.3 is 6.18 Å². The largest absolute Gasteiger partial charge is 0.491 e. The van der Waals surface area contributed by atoms with Crippen LogP contribution in [0.1, 0.15) is 25.0 Å². The molecule has 0 bridgehead atoms. The fourth-order valence-electron chi connectivity index (χ4n) is 1.20. The van der Waals surface area contributed by atoms with E-state index in [1.54, 1.807) is 13.8 Å². The molecule has 16 heavy (non-hydrogen) atoms. The second-order valence-electron chi connectivity index (χ2n) is 3.48. The zero-order valence-electron chi connectivity index (χ0n) is 8.80. The van der Waals surface area contributed by atoms with Gasteiger partial charge in [-0.25, -0.2) is 0 Å². The van der Waals surface area contributed by atoms with Crippen LogP contribution >= 0.6 is 0 Å². The van der Waals surface area contributed by atoms with Crippen molar-refractivity contribution in [2.75, 3.05) is 0 Å². The van der Waals surface area contributed by atoms with Crippen molar-refractivity contribution in [1.82, 2.24) is 0 Å². The summed E-state index contributed by atoms with van der Waals surface area (Å²) >= 11 is 0. The third kappa shape index (κ3) is 2.89.